The fourth-order valence-electron chi connectivity index (χ4n) is 2.93. The lowest BCUT2D eigenvalue weighted by Crippen LogP contribution is -2.24. The summed E-state index contributed by atoms with van der Waals surface area (Å²) < 4.78 is 10.9. The molecule has 0 aromatic heterocycles. The number of ether oxygens (including phenoxy) is 2. The summed E-state index contributed by atoms with van der Waals surface area (Å²) in [5, 5.41) is 2.78. The Kier molecular flexibility index (Phi) is 5.41. The molecular weight excluding hydrogens is 332 g/mol. The van der Waals surface area contributed by atoms with E-state index in [0.29, 0.717) is 30.2 Å². The zero-order valence-corrected chi connectivity index (χ0v) is 15.0. The van der Waals surface area contributed by atoms with Crippen molar-refractivity contribution >= 4 is 23.2 Å². The van der Waals surface area contributed by atoms with Gasteiger partial charge in [-0.05, 0) is 43.2 Å². The molecule has 0 saturated carbocycles. The van der Waals surface area contributed by atoms with Crippen molar-refractivity contribution in [2.75, 3.05) is 30.5 Å². The first-order chi connectivity index (χ1) is 12.6. The number of carbonyl (C=O) groups is 2. The Morgan fingerprint density at radius 1 is 1.23 bits per heavy atom. The summed E-state index contributed by atoms with van der Waals surface area (Å²) in [6.45, 7) is 2.56. The van der Waals surface area contributed by atoms with Gasteiger partial charge in [-0.25, -0.2) is 0 Å². The highest BCUT2D eigenvalue weighted by Gasteiger charge is 2.24. The topological polar surface area (TPSA) is 67.9 Å². The Hall–Kier alpha value is -3.02. The molecular formula is C20H22N2O4. The molecule has 0 spiro atoms. The quantitative estimate of drug-likeness (QED) is 0.865. The molecule has 6 nitrogen and oxygen atoms in total. The average molecular weight is 354 g/mol. The maximum Gasteiger partial charge on any atom is 0.262 e. The fourth-order valence-corrected chi connectivity index (χ4v) is 2.93. The number of hydrogen-bond acceptors (Lipinski definition) is 4. The third kappa shape index (κ3) is 4.14. The molecule has 26 heavy (non-hydrogen) atoms. The Morgan fingerprint density at radius 3 is 2.77 bits per heavy atom. The predicted molar refractivity (Wildman–Crippen MR) is 99.9 cm³/mol. The molecule has 136 valence electrons. The van der Waals surface area contributed by atoms with Crippen LogP contribution in [0.15, 0.2) is 42.5 Å². The Bertz CT molecular complexity index is 819. The van der Waals surface area contributed by atoms with Crippen LogP contribution in [0.4, 0.5) is 11.4 Å². The molecule has 1 aliphatic heterocycles. The van der Waals surface area contributed by atoms with E-state index in [-0.39, 0.29) is 18.4 Å². The van der Waals surface area contributed by atoms with Crippen molar-refractivity contribution in [2.45, 2.75) is 19.8 Å². The van der Waals surface area contributed by atoms with Crippen LogP contribution in [0.2, 0.25) is 0 Å². The van der Waals surface area contributed by atoms with Gasteiger partial charge in [0.1, 0.15) is 11.5 Å². The van der Waals surface area contributed by atoms with E-state index in [1.165, 1.54) is 0 Å². The predicted octanol–water partition coefficient (Wildman–Crippen LogP) is 3.15. The molecule has 0 atom stereocenters. The summed E-state index contributed by atoms with van der Waals surface area (Å²) >= 11 is 0. The number of amides is 2. The number of methoxy groups -OCH3 is 1. The van der Waals surface area contributed by atoms with E-state index >= 15 is 0 Å². The lowest BCUT2D eigenvalue weighted by atomic mass is 10.2. The molecule has 1 aliphatic rings. The second-order valence-electron chi connectivity index (χ2n) is 6.19. The summed E-state index contributed by atoms with van der Waals surface area (Å²) in [5.74, 6) is 1.03. The van der Waals surface area contributed by atoms with Crippen LogP contribution in [0, 0.1) is 6.92 Å². The van der Waals surface area contributed by atoms with Crippen molar-refractivity contribution in [2.24, 2.45) is 0 Å². The summed E-state index contributed by atoms with van der Waals surface area (Å²) in [6.07, 6.45) is 1.40. The van der Waals surface area contributed by atoms with E-state index in [1.807, 2.05) is 31.2 Å². The molecule has 2 aromatic rings. The van der Waals surface area contributed by atoms with Gasteiger partial charge in [-0.2, -0.15) is 0 Å². The first kappa shape index (κ1) is 17.8. The second kappa shape index (κ2) is 7.91. The SMILES string of the molecule is COc1cc(NC(=O)COc2cccc(C)c2)ccc1N1CCCC1=O. The summed E-state index contributed by atoms with van der Waals surface area (Å²) in [7, 11) is 1.55. The van der Waals surface area contributed by atoms with Gasteiger partial charge in [0.25, 0.3) is 5.91 Å². The smallest absolute Gasteiger partial charge is 0.262 e. The Morgan fingerprint density at radius 2 is 2.08 bits per heavy atom. The molecule has 6 heteroatoms. The zero-order valence-electron chi connectivity index (χ0n) is 15.0. The summed E-state index contributed by atoms with van der Waals surface area (Å²) in [4.78, 5) is 25.8. The van der Waals surface area contributed by atoms with Gasteiger partial charge in [-0.15, -0.1) is 0 Å². The molecule has 1 heterocycles. The van der Waals surface area contributed by atoms with Gasteiger partial charge in [-0.1, -0.05) is 12.1 Å². The molecule has 1 fully saturated rings. The van der Waals surface area contributed by atoms with Crippen molar-refractivity contribution in [1.82, 2.24) is 0 Å². The van der Waals surface area contributed by atoms with Gasteiger partial charge in [0.05, 0.1) is 12.8 Å². The standard InChI is InChI=1S/C20H22N2O4/c1-14-5-3-6-16(11-14)26-13-19(23)21-15-8-9-17(18(12-15)25-2)22-10-4-7-20(22)24/h3,5-6,8-9,11-12H,4,7,10,13H2,1-2H3,(H,21,23). The van der Waals surface area contributed by atoms with Crippen LogP contribution in [0.5, 0.6) is 11.5 Å². The largest absolute Gasteiger partial charge is 0.494 e. The van der Waals surface area contributed by atoms with E-state index in [2.05, 4.69) is 5.32 Å². The van der Waals surface area contributed by atoms with Crippen molar-refractivity contribution in [3.8, 4) is 11.5 Å². The normalized spacial score (nSPS) is 13.6. The fraction of sp³-hybridized carbons (Fsp3) is 0.300. The number of aryl methyl sites for hydroxylation is 1. The molecule has 3 rings (SSSR count). The number of anilines is 2. The van der Waals surface area contributed by atoms with Gasteiger partial charge < -0.3 is 19.7 Å². The first-order valence-corrected chi connectivity index (χ1v) is 8.54. The maximum atomic E-state index is 12.1. The molecule has 0 unspecified atom stereocenters. The van der Waals surface area contributed by atoms with E-state index < -0.39 is 0 Å². The highest BCUT2D eigenvalue weighted by molar-refractivity contribution is 5.98. The number of rotatable bonds is 6. The Labute approximate surface area is 152 Å². The third-order valence-corrected chi connectivity index (χ3v) is 4.19. The number of benzene rings is 2. The van der Waals surface area contributed by atoms with Crippen LogP contribution in [-0.2, 0) is 9.59 Å². The van der Waals surface area contributed by atoms with E-state index in [0.717, 1.165) is 17.7 Å². The number of nitrogens with zero attached hydrogens (tertiary/aromatic N) is 1. The zero-order chi connectivity index (χ0) is 18.5. The van der Waals surface area contributed by atoms with Crippen LogP contribution in [0.3, 0.4) is 0 Å². The molecule has 0 bridgehead atoms. The van der Waals surface area contributed by atoms with Gasteiger partial charge in [0, 0.05) is 24.7 Å². The number of nitrogens with one attached hydrogen (secondary N) is 1. The van der Waals surface area contributed by atoms with Gasteiger partial charge >= 0.3 is 0 Å². The Balaban J connectivity index is 1.64. The van der Waals surface area contributed by atoms with Crippen LogP contribution in [0.1, 0.15) is 18.4 Å². The van der Waals surface area contributed by atoms with Crippen molar-refractivity contribution < 1.29 is 19.1 Å². The molecule has 2 amide bonds. The van der Waals surface area contributed by atoms with Gasteiger partial charge in [-0.3, -0.25) is 9.59 Å². The molecule has 1 saturated heterocycles. The van der Waals surface area contributed by atoms with Crippen molar-refractivity contribution in [3.05, 3.63) is 48.0 Å². The maximum absolute atomic E-state index is 12.1. The monoisotopic (exact) mass is 354 g/mol. The lowest BCUT2D eigenvalue weighted by Gasteiger charge is -2.19. The van der Waals surface area contributed by atoms with Crippen LogP contribution in [-0.4, -0.2) is 32.1 Å². The summed E-state index contributed by atoms with van der Waals surface area (Å²) in [5.41, 5.74) is 2.39. The van der Waals surface area contributed by atoms with E-state index in [4.69, 9.17) is 9.47 Å². The number of carbonyl (C=O) groups excluding carboxylic acids is 2. The molecule has 1 N–H and O–H groups in total. The van der Waals surface area contributed by atoms with Crippen LogP contribution < -0.4 is 19.7 Å². The van der Waals surface area contributed by atoms with E-state index in [1.54, 1.807) is 30.2 Å². The van der Waals surface area contributed by atoms with Gasteiger partial charge in [0.15, 0.2) is 6.61 Å². The van der Waals surface area contributed by atoms with E-state index in [9.17, 15) is 9.59 Å². The minimum atomic E-state index is -0.265. The minimum Gasteiger partial charge on any atom is -0.494 e. The van der Waals surface area contributed by atoms with Gasteiger partial charge in [0.2, 0.25) is 5.91 Å². The summed E-state index contributed by atoms with van der Waals surface area (Å²) in [6, 6.07) is 12.8. The lowest BCUT2D eigenvalue weighted by molar-refractivity contribution is -0.118. The highest BCUT2D eigenvalue weighted by Crippen LogP contribution is 2.33. The van der Waals surface area contributed by atoms with Crippen molar-refractivity contribution in [3.63, 3.8) is 0 Å². The average Bonchev–Trinajstić information content (AvgIpc) is 3.06. The van der Waals surface area contributed by atoms with Crippen LogP contribution in [0.25, 0.3) is 0 Å². The molecule has 0 radical (unpaired) electrons. The molecule has 0 aliphatic carbocycles. The first-order valence-electron chi connectivity index (χ1n) is 8.54. The second-order valence-corrected chi connectivity index (χ2v) is 6.19. The van der Waals surface area contributed by atoms with Crippen LogP contribution >= 0.6 is 0 Å². The number of hydrogen-bond donors (Lipinski definition) is 1. The highest BCUT2D eigenvalue weighted by atomic mass is 16.5. The van der Waals surface area contributed by atoms with Crippen molar-refractivity contribution in [1.29, 1.82) is 0 Å². The minimum absolute atomic E-state index is 0.0852. The third-order valence-electron chi connectivity index (χ3n) is 4.19. The molecule has 2 aromatic carbocycles.